The van der Waals surface area contributed by atoms with Crippen molar-refractivity contribution < 1.29 is 9.53 Å². The first-order chi connectivity index (χ1) is 10.2. The lowest BCUT2D eigenvalue weighted by atomic mass is 10.1. The van der Waals surface area contributed by atoms with Crippen molar-refractivity contribution in [2.24, 2.45) is 0 Å². The quantitative estimate of drug-likeness (QED) is 0.900. The van der Waals surface area contributed by atoms with Gasteiger partial charge < -0.3 is 15.0 Å². The number of nitrogens with one attached hydrogen (secondary N) is 1. The van der Waals surface area contributed by atoms with Gasteiger partial charge in [0.2, 0.25) is 0 Å². The van der Waals surface area contributed by atoms with Gasteiger partial charge in [-0.05, 0) is 44.8 Å². The molecule has 1 aromatic rings. The molecule has 1 aliphatic heterocycles. The molecule has 1 fully saturated rings. The molecule has 0 saturated carbocycles. The van der Waals surface area contributed by atoms with E-state index in [1.54, 1.807) is 0 Å². The minimum atomic E-state index is -0.177. The van der Waals surface area contributed by atoms with E-state index in [1.807, 2.05) is 29.2 Å². The summed E-state index contributed by atoms with van der Waals surface area (Å²) >= 11 is 0. The summed E-state index contributed by atoms with van der Waals surface area (Å²) in [5, 5.41) is 3.33. The van der Waals surface area contributed by atoms with Gasteiger partial charge in [0.1, 0.15) is 6.61 Å². The van der Waals surface area contributed by atoms with Crippen LogP contribution in [0.5, 0.6) is 0 Å². The van der Waals surface area contributed by atoms with Crippen molar-refractivity contribution in [3.63, 3.8) is 0 Å². The van der Waals surface area contributed by atoms with E-state index in [1.165, 1.54) is 5.56 Å². The maximum atomic E-state index is 12.4. The van der Waals surface area contributed by atoms with E-state index in [0.29, 0.717) is 12.6 Å². The Morgan fingerprint density at radius 2 is 1.91 bits per heavy atom. The number of amides is 1. The molecule has 1 aromatic carbocycles. The summed E-state index contributed by atoms with van der Waals surface area (Å²) in [6.07, 6.45) is 2.81. The molecule has 1 amide bonds. The summed E-state index contributed by atoms with van der Waals surface area (Å²) in [7, 11) is 0. The number of carbonyl (C=O) groups excluding carboxylic acids is 1. The number of carbonyl (C=O) groups is 1. The fourth-order valence-corrected chi connectivity index (χ4v) is 2.69. The number of benzene rings is 1. The summed E-state index contributed by atoms with van der Waals surface area (Å²) < 4.78 is 5.50. The lowest BCUT2D eigenvalue weighted by Crippen LogP contribution is -2.46. The van der Waals surface area contributed by atoms with Crippen LogP contribution in [0.25, 0.3) is 0 Å². The van der Waals surface area contributed by atoms with E-state index in [-0.39, 0.29) is 18.5 Å². The SMILES string of the molecule is CCCN(C(=O)OCc1ccc(C)cc1)C1CCNCC1.Cl. The first-order valence-corrected chi connectivity index (χ1v) is 7.90. The summed E-state index contributed by atoms with van der Waals surface area (Å²) in [5.41, 5.74) is 2.25. The molecular formula is C17H27ClN2O2. The molecule has 2 rings (SSSR count). The second-order valence-electron chi connectivity index (χ2n) is 5.71. The van der Waals surface area contributed by atoms with E-state index >= 15 is 0 Å². The molecule has 5 heteroatoms. The van der Waals surface area contributed by atoms with Crippen molar-refractivity contribution in [1.82, 2.24) is 10.2 Å². The summed E-state index contributed by atoms with van der Waals surface area (Å²) in [6, 6.07) is 8.42. The van der Waals surface area contributed by atoms with Gasteiger partial charge in [0.15, 0.2) is 0 Å². The average molecular weight is 327 g/mol. The van der Waals surface area contributed by atoms with Crippen molar-refractivity contribution >= 4 is 18.5 Å². The zero-order valence-electron chi connectivity index (χ0n) is 13.5. The molecule has 0 aliphatic carbocycles. The Morgan fingerprint density at radius 3 is 2.50 bits per heavy atom. The second-order valence-corrected chi connectivity index (χ2v) is 5.71. The van der Waals surface area contributed by atoms with Crippen LogP contribution in [0.1, 0.15) is 37.3 Å². The van der Waals surface area contributed by atoms with Gasteiger partial charge in [-0.2, -0.15) is 0 Å². The maximum Gasteiger partial charge on any atom is 0.410 e. The van der Waals surface area contributed by atoms with Crippen LogP contribution in [-0.4, -0.2) is 36.7 Å². The molecule has 1 saturated heterocycles. The zero-order valence-corrected chi connectivity index (χ0v) is 14.3. The van der Waals surface area contributed by atoms with Crippen molar-refractivity contribution in [2.45, 2.75) is 45.8 Å². The molecule has 1 heterocycles. The van der Waals surface area contributed by atoms with Crippen molar-refractivity contribution in [2.75, 3.05) is 19.6 Å². The van der Waals surface area contributed by atoms with Gasteiger partial charge in [0, 0.05) is 12.6 Å². The lowest BCUT2D eigenvalue weighted by Gasteiger charge is -2.33. The molecule has 4 nitrogen and oxygen atoms in total. The molecule has 0 spiro atoms. The standard InChI is InChI=1S/C17H26N2O2.ClH/c1-3-12-19(16-8-10-18-11-9-16)17(20)21-13-15-6-4-14(2)5-7-15;/h4-7,16,18H,3,8-13H2,1-2H3;1H. The van der Waals surface area contributed by atoms with Crippen molar-refractivity contribution in [3.05, 3.63) is 35.4 Å². The van der Waals surface area contributed by atoms with Gasteiger partial charge in [0.05, 0.1) is 0 Å². The minimum Gasteiger partial charge on any atom is -0.445 e. The maximum absolute atomic E-state index is 12.4. The highest BCUT2D eigenvalue weighted by molar-refractivity contribution is 5.85. The number of ether oxygens (including phenoxy) is 1. The van der Waals surface area contributed by atoms with Crippen molar-refractivity contribution in [3.8, 4) is 0 Å². The monoisotopic (exact) mass is 326 g/mol. The highest BCUT2D eigenvalue weighted by Gasteiger charge is 2.25. The first kappa shape index (κ1) is 18.8. The van der Waals surface area contributed by atoms with E-state index in [9.17, 15) is 4.79 Å². The molecular weight excluding hydrogens is 300 g/mol. The number of nitrogens with zero attached hydrogens (tertiary/aromatic N) is 1. The Bertz CT molecular complexity index is 444. The number of rotatable bonds is 5. The normalized spacial score (nSPS) is 15.0. The number of hydrogen-bond donors (Lipinski definition) is 1. The molecule has 0 radical (unpaired) electrons. The smallest absolute Gasteiger partial charge is 0.410 e. The Hall–Kier alpha value is -1.26. The highest BCUT2D eigenvalue weighted by atomic mass is 35.5. The lowest BCUT2D eigenvalue weighted by molar-refractivity contribution is 0.0734. The van der Waals surface area contributed by atoms with Crippen LogP contribution in [0.3, 0.4) is 0 Å². The number of piperidine rings is 1. The van der Waals surface area contributed by atoms with Crippen LogP contribution in [0, 0.1) is 6.92 Å². The largest absolute Gasteiger partial charge is 0.445 e. The first-order valence-electron chi connectivity index (χ1n) is 7.90. The predicted molar refractivity (Wildman–Crippen MR) is 91.5 cm³/mol. The molecule has 1 aliphatic rings. The molecule has 22 heavy (non-hydrogen) atoms. The molecule has 1 N–H and O–H groups in total. The predicted octanol–water partition coefficient (Wildman–Crippen LogP) is 3.52. The van der Waals surface area contributed by atoms with Gasteiger partial charge in [-0.15, -0.1) is 12.4 Å². The average Bonchev–Trinajstić information content (AvgIpc) is 2.52. The Kier molecular flexibility index (Phi) is 8.28. The third-order valence-electron chi connectivity index (χ3n) is 3.93. The molecule has 0 bridgehead atoms. The fourth-order valence-electron chi connectivity index (χ4n) is 2.69. The van der Waals surface area contributed by atoms with Crippen LogP contribution in [0.4, 0.5) is 4.79 Å². The third-order valence-corrected chi connectivity index (χ3v) is 3.93. The Balaban J connectivity index is 0.00000242. The number of hydrogen-bond acceptors (Lipinski definition) is 3. The van der Waals surface area contributed by atoms with Gasteiger partial charge in [-0.25, -0.2) is 4.79 Å². The van der Waals surface area contributed by atoms with Crippen LogP contribution >= 0.6 is 12.4 Å². The van der Waals surface area contributed by atoms with Crippen LogP contribution in [0.15, 0.2) is 24.3 Å². The molecule has 124 valence electrons. The van der Waals surface area contributed by atoms with E-state index in [4.69, 9.17) is 4.74 Å². The molecule has 0 unspecified atom stereocenters. The van der Waals surface area contributed by atoms with Crippen LogP contribution in [0.2, 0.25) is 0 Å². The molecule has 0 atom stereocenters. The minimum absolute atomic E-state index is 0. The van der Waals surface area contributed by atoms with E-state index in [2.05, 4.69) is 19.2 Å². The second kappa shape index (κ2) is 9.70. The summed E-state index contributed by atoms with van der Waals surface area (Å²) in [5.74, 6) is 0. The molecule has 0 aromatic heterocycles. The number of aryl methyl sites for hydroxylation is 1. The van der Waals surface area contributed by atoms with Gasteiger partial charge in [-0.3, -0.25) is 0 Å². The third kappa shape index (κ3) is 5.50. The van der Waals surface area contributed by atoms with E-state index < -0.39 is 0 Å². The van der Waals surface area contributed by atoms with Crippen LogP contribution < -0.4 is 5.32 Å². The van der Waals surface area contributed by atoms with Gasteiger partial charge in [-0.1, -0.05) is 36.8 Å². The number of halogens is 1. The van der Waals surface area contributed by atoms with Gasteiger partial charge in [0.25, 0.3) is 0 Å². The Labute approximate surface area is 139 Å². The van der Waals surface area contributed by atoms with Gasteiger partial charge >= 0.3 is 6.09 Å². The fraction of sp³-hybridized carbons (Fsp3) is 0.588. The zero-order chi connectivity index (χ0) is 15.1. The Morgan fingerprint density at radius 1 is 1.27 bits per heavy atom. The van der Waals surface area contributed by atoms with Crippen LogP contribution in [-0.2, 0) is 11.3 Å². The van der Waals surface area contributed by atoms with Crippen molar-refractivity contribution in [1.29, 1.82) is 0 Å². The van der Waals surface area contributed by atoms with E-state index in [0.717, 1.165) is 44.5 Å². The summed E-state index contributed by atoms with van der Waals surface area (Å²) in [4.78, 5) is 14.3. The highest BCUT2D eigenvalue weighted by Crippen LogP contribution is 2.15. The topological polar surface area (TPSA) is 41.6 Å². The summed E-state index contributed by atoms with van der Waals surface area (Å²) in [6.45, 7) is 7.24.